The van der Waals surface area contributed by atoms with E-state index in [1.807, 2.05) is 0 Å². The Morgan fingerprint density at radius 2 is 2.24 bits per heavy atom. The topological polar surface area (TPSA) is 21.3 Å². The molecule has 1 N–H and O–H groups in total. The lowest BCUT2D eigenvalue weighted by Gasteiger charge is -2.19. The Hall–Kier alpha value is -0.860. The fraction of sp³-hybridized carbons (Fsp3) is 0.600. The summed E-state index contributed by atoms with van der Waals surface area (Å²) in [5.74, 6) is 0.823. The van der Waals surface area contributed by atoms with Gasteiger partial charge in [-0.15, -0.1) is 0 Å². The second kappa shape index (κ2) is 6.18. The number of benzene rings is 1. The molecule has 0 saturated heterocycles. The molecule has 0 amide bonds. The van der Waals surface area contributed by atoms with Crippen LogP contribution in [-0.4, -0.2) is 19.7 Å². The third kappa shape index (κ3) is 4.14. The van der Waals surface area contributed by atoms with Crippen molar-refractivity contribution in [2.45, 2.75) is 32.8 Å². The van der Waals surface area contributed by atoms with Gasteiger partial charge in [0.25, 0.3) is 0 Å². The normalized spacial score (nSPS) is 17.1. The van der Waals surface area contributed by atoms with Crippen LogP contribution in [0.15, 0.2) is 24.3 Å². The Kier molecular flexibility index (Phi) is 4.57. The average Bonchev–Trinajstić information content (AvgIpc) is 3.13. The zero-order valence-corrected chi connectivity index (χ0v) is 10.9. The summed E-state index contributed by atoms with van der Waals surface area (Å²) >= 11 is 0. The van der Waals surface area contributed by atoms with E-state index in [9.17, 15) is 0 Å². The van der Waals surface area contributed by atoms with Crippen molar-refractivity contribution in [2.24, 2.45) is 5.92 Å². The lowest BCUT2D eigenvalue weighted by Crippen LogP contribution is -2.23. The lowest BCUT2D eigenvalue weighted by atomic mass is 10.1. The largest absolute Gasteiger partial charge is 0.372 e. The number of nitrogens with one attached hydrogen (secondary N) is 1. The van der Waals surface area contributed by atoms with Crippen LogP contribution in [0, 0.1) is 12.8 Å². The van der Waals surface area contributed by atoms with Gasteiger partial charge >= 0.3 is 0 Å². The summed E-state index contributed by atoms with van der Waals surface area (Å²) in [6.45, 7) is 7.09. The minimum absolute atomic E-state index is 0.204. The van der Waals surface area contributed by atoms with E-state index >= 15 is 0 Å². The first-order chi connectivity index (χ1) is 8.29. The van der Waals surface area contributed by atoms with Crippen LogP contribution < -0.4 is 5.32 Å². The van der Waals surface area contributed by atoms with E-state index in [1.165, 1.54) is 24.0 Å². The van der Waals surface area contributed by atoms with E-state index in [0.717, 1.165) is 25.6 Å². The minimum Gasteiger partial charge on any atom is -0.372 e. The van der Waals surface area contributed by atoms with E-state index in [0.29, 0.717) is 0 Å². The van der Waals surface area contributed by atoms with Crippen molar-refractivity contribution < 1.29 is 4.74 Å². The molecule has 1 saturated carbocycles. The van der Waals surface area contributed by atoms with E-state index < -0.39 is 0 Å². The summed E-state index contributed by atoms with van der Waals surface area (Å²) in [6, 6.07) is 8.65. The number of hydrogen-bond donors (Lipinski definition) is 1. The fourth-order valence-corrected chi connectivity index (χ4v) is 1.96. The molecule has 1 aliphatic rings. The van der Waals surface area contributed by atoms with Gasteiger partial charge in [0.1, 0.15) is 0 Å². The van der Waals surface area contributed by atoms with Crippen LogP contribution in [0.4, 0.5) is 0 Å². The molecule has 2 rings (SSSR count). The van der Waals surface area contributed by atoms with Gasteiger partial charge in [-0.25, -0.2) is 0 Å². The Labute approximate surface area is 104 Å². The summed E-state index contributed by atoms with van der Waals surface area (Å²) in [5.41, 5.74) is 2.60. The first kappa shape index (κ1) is 12.6. The smallest absolute Gasteiger partial charge is 0.0949 e. The van der Waals surface area contributed by atoms with Crippen molar-refractivity contribution in [3.8, 4) is 0 Å². The van der Waals surface area contributed by atoms with Gasteiger partial charge in [0.15, 0.2) is 0 Å². The summed E-state index contributed by atoms with van der Waals surface area (Å²) < 4.78 is 6.05. The van der Waals surface area contributed by atoms with Gasteiger partial charge in [0.2, 0.25) is 0 Å². The van der Waals surface area contributed by atoms with Crippen molar-refractivity contribution in [2.75, 3.05) is 19.7 Å². The molecule has 2 nitrogen and oxygen atoms in total. The third-order valence-electron chi connectivity index (χ3n) is 3.22. The predicted molar refractivity (Wildman–Crippen MR) is 71.1 cm³/mol. The molecule has 2 heteroatoms. The van der Waals surface area contributed by atoms with Gasteiger partial charge in [0, 0.05) is 6.54 Å². The standard InChI is InChI=1S/C15H23NO/c1-3-16-10-15(17-11-13-7-8-13)14-6-4-5-12(2)9-14/h4-6,9,13,15-16H,3,7-8,10-11H2,1-2H3. The molecule has 94 valence electrons. The highest BCUT2D eigenvalue weighted by Crippen LogP contribution is 2.31. The molecule has 17 heavy (non-hydrogen) atoms. The van der Waals surface area contributed by atoms with Crippen LogP contribution in [-0.2, 0) is 4.74 Å². The maximum Gasteiger partial charge on any atom is 0.0949 e. The monoisotopic (exact) mass is 233 g/mol. The second-order valence-electron chi connectivity index (χ2n) is 4.99. The van der Waals surface area contributed by atoms with Crippen molar-refractivity contribution in [1.29, 1.82) is 0 Å². The Bertz CT molecular complexity index is 347. The molecule has 1 aromatic rings. The maximum atomic E-state index is 6.05. The zero-order valence-electron chi connectivity index (χ0n) is 10.9. The van der Waals surface area contributed by atoms with Crippen LogP contribution in [0.3, 0.4) is 0 Å². The van der Waals surface area contributed by atoms with Crippen molar-refractivity contribution in [3.05, 3.63) is 35.4 Å². The van der Waals surface area contributed by atoms with Crippen LogP contribution in [0.1, 0.15) is 37.0 Å². The molecule has 0 aliphatic heterocycles. The van der Waals surface area contributed by atoms with Crippen molar-refractivity contribution in [3.63, 3.8) is 0 Å². The summed E-state index contributed by atoms with van der Waals surface area (Å²) in [6.07, 6.45) is 2.90. The second-order valence-corrected chi connectivity index (χ2v) is 4.99. The summed E-state index contributed by atoms with van der Waals surface area (Å²) in [5, 5.41) is 3.39. The van der Waals surface area contributed by atoms with E-state index in [4.69, 9.17) is 4.74 Å². The number of rotatable bonds is 7. The van der Waals surface area contributed by atoms with Crippen LogP contribution in [0.2, 0.25) is 0 Å². The summed E-state index contributed by atoms with van der Waals surface area (Å²) in [4.78, 5) is 0. The highest BCUT2D eigenvalue weighted by atomic mass is 16.5. The molecule has 1 fully saturated rings. The molecule has 1 aliphatic carbocycles. The molecular formula is C15H23NO. The number of aryl methyl sites for hydroxylation is 1. The van der Waals surface area contributed by atoms with Crippen molar-refractivity contribution in [1.82, 2.24) is 5.32 Å². The number of ether oxygens (including phenoxy) is 1. The quantitative estimate of drug-likeness (QED) is 0.781. The highest BCUT2D eigenvalue weighted by molar-refractivity contribution is 5.24. The van der Waals surface area contributed by atoms with Gasteiger partial charge < -0.3 is 10.1 Å². The predicted octanol–water partition coefficient (Wildman–Crippen LogP) is 3.07. The molecule has 0 spiro atoms. The maximum absolute atomic E-state index is 6.05. The molecule has 0 heterocycles. The van der Waals surface area contributed by atoms with E-state index in [2.05, 4.69) is 43.4 Å². The van der Waals surface area contributed by atoms with Gasteiger partial charge in [-0.2, -0.15) is 0 Å². The molecular weight excluding hydrogens is 210 g/mol. The van der Waals surface area contributed by atoms with Crippen LogP contribution in [0.5, 0.6) is 0 Å². The molecule has 1 unspecified atom stereocenters. The van der Waals surface area contributed by atoms with E-state index in [-0.39, 0.29) is 6.10 Å². The molecule has 1 atom stereocenters. The number of hydrogen-bond acceptors (Lipinski definition) is 2. The van der Waals surface area contributed by atoms with Crippen LogP contribution in [0.25, 0.3) is 0 Å². The molecule has 0 aromatic heterocycles. The Balaban J connectivity index is 1.96. The highest BCUT2D eigenvalue weighted by Gasteiger charge is 2.23. The first-order valence-corrected chi connectivity index (χ1v) is 6.68. The van der Waals surface area contributed by atoms with Gasteiger partial charge in [-0.3, -0.25) is 0 Å². The minimum atomic E-state index is 0.204. The zero-order chi connectivity index (χ0) is 12.1. The Morgan fingerprint density at radius 1 is 1.41 bits per heavy atom. The van der Waals surface area contributed by atoms with Gasteiger partial charge in [-0.05, 0) is 37.8 Å². The molecule has 1 aromatic carbocycles. The van der Waals surface area contributed by atoms with Gasteiger partial charge in [-0.1, -0.05) is 36.8 Å². The van der Waals surface area contributed by atoms with Gasteiger partial charge in [0.05, 0.1) is 12.7 Å². The Morgan fingerprint density at radius 3 is 2.88 bits per heavy atom. The van der Waals surface area contributed by atoms with Crippen LogP contribution >= 0.6 is 0 Å². The third-order valence-corrected chi connectivity index (χ3v) is 3.22. The van der Waals surface area contributed by atoms with Crippen molar-refractivity contribution >= 4 is 0 Å². The molecule has 0 radical (unpaired) electrons. The van der Waals surface area contributed by atoms with E-state index in [1.54, 1.807) is 0 Å². The molecule has 0 bridgehead atoms. The first-order valence-electron chi connectivity index (χ1n) is 6.68. The number of likely N-dealkylation sites (N-methyl/N-ethyl adjacent to an activating group) is 1. The SMILES string of the molecule is CCNCC(OCC1CC1)c1cccc(C)c1. The average molecular weight is 233 g/mol. The summed E-state index contributed by atoms with van der Waals surface area (Å²) in [7, 11) is 0. The lowest BCUT2D eigenvalue weighted by molar-refractivity contribution is 0.0455. The fourth-order valence-electron chi connectivity index (χ4n) is 1.96.